The highest BCUT2D eigenvalue weighted by molar-refractivity contribution is 7.15. The third-order valence-electron chi connectivity index (χ3n) is 4.26. The highest BCUT2D eigenvalue weighted by Crippen LogP contribution is 2.37. The number of rotatable bonds is 4. The molecule has 0 saturated carbocycles. The normalized spacial score (nSPS) is 13.0. The lowest BCUT2D eigenvalue weighted by Crippen LogP contribution is -2.29. The van der Waals surface area contributed by atoms with E-state index in [2.05, 4.69) is 10.4 Å². The monoisotopic (exact) mass is 431 g/mol. The molecule has 0 fully saturated rings. The van der Waals surface area contributed by atoms with Gasteiger partial charge in [0.05, 0.1) is 28.8 Å². The summed E-state index contributed by atoms with van der Waals surface area (Å²) in [6, 6.07) is 10.2. The molecule has 0 radical (unpaired) electrons. The first-order valence-corrected chi connectivity index (χ1v) is 10.2. The summed E-state index contributed by atoms with van der Waals surface area (Å²) in [7, 11) is 0. The molecule has 1 N–H and O–H groups in total. The average Bonchev–Trinajstić information content (AvgIpc) is 2.99. The molecule has 0 spiro atoms. The second kappa shape index (κ2) is 8.26. The fraction of sp³-hybridized carbons (Fsp3) is 0.250. The third-order valence-corrected chi connectivity index (χ3v) is 5.60. The van der Waals surface area contributed by atoms with Gasteiger partial charge in [-0.1, -0.05) is 11.6 Å². The molecule has 1 amide bonds. The second-order valence-corrected chi connectivity index (χ2v) is 8.20. The van der Waals surface area contributed by atoms with Crippen molar-refractivity contribution in [1.82, 2.24) is 9.78 Å². The van der Waals surface area contributed by atoms with Gasteiger partial charge in [-0.05, 0) is 25.1 Å². The number of hydrogen-bond acceptors (Lipinski definition) is 6. The van der Waals surface area contributed by atoms with Gasteiger partial charge in [0.15, 0.2) is 11.5 Å². The molecular formula is C20H18ClN3O4S. The number of carbonyl (C=O) groups is 1. The Bertz CT molecular complexity index is 1130. The molecule has 150 valence electrons. The molecule has 7 nitrogen and oxygen atoms in total. The van der Waals surface area contributed by atoms with E-state index in [4.69, 9.17) is 21.1 Å². The molecule has 4 rings (SSSR count). The number of hydrogen-bond donors (Lipinski definition) is 1. The lowest BCUT2D eigenvalue weighted by atomic mass is 10.2. The zero-order valence-electron chi connectivity index (χ0n) is 15.6. The molecule has 0 unspecified atom stereocenters. The first kappa shape index (κ1) is 19.5. The van der Waals surface area contributed by atoms with Gasteiger partial charge < -0.3 is 14.8 Å². The lowest BCUT2D eigenvalue weighted by Gasteiger charge is -2.13. The molecule has 1 aliphatic heterocycles. The van der Waals surface area contributed by atoms with Gasteiger partial charge in [-0.25, -0.2) is 4.68 Å². The van der Waals surface area contributed by atoms with Gasteiger partial charge in [-0.15, -0.1) is 11.3 Å². The summed E-state index contributed by atoms with van der Waals surface area (Å²) < 4.78 is 12.3. The van der Waals surface area contributed by atoms with E-state index in [0.29, 0.717) is 41.1 Å². The first-order chi connectivity index (χ1) is 14.0. The van der Waals surface area contributed by atoms with Crippen LogP contribution in [0.3, 0.4) is 0 Å². The first-order valence-electron chi connectivity index (χ1n) is 9.03. The van der Waals surface area contributed by atoms with Gasteiger partial charge in [0.1, 0.15) is 12.2 Å². The molecule has 1 aromatic carbocycles. The summed E-state index contributed by atoms with van der Waals surface area (Å²) in [5.41, 5.74) is 0.671. The van der Waals surface area contributed by atoms with Crippen molar-refractivity contribution in [2.24, 2.45) is 0 Å². The Hall–Kier alpha value is -2.84. The predicted octanol–water partition coefficient (Wildman–Crippen LogP) is 3.73. The Morgan fingerprint density at radius 2 is 1.97 bits per heavy atom. The van der Waals surface area contributed by atoms with Gasteiger partial charge in [0.2, 0.25) is 5.91 Å². The summed E-state index contributed by atoms with van der Waals surface area (Å²) in [4.78, 5) is 26.8. The van der Waals surface area contributed by atoms with Gasteiger partial charge in [-0.2, -0.15) is 5.10 Å². The van der Waals surface area contributed by atoms with Gasteiger partial charge >= 0.3 is 0 Å². The molecule has 3 heterocycles. The number of anilines is 1. The van der Waals surface area contributed by atoms with Crippen LogP contribution >= 0.6 is 22.9 Å². The highest BCUT2D eigenvalue weighted by Gasteiger charge is 2.16. The number of ether oxygens (including phenoxy) is 2. The number of benzene rings is 1. The smallest absolute Gasteiger partial charge is 0.267 e. The number of amides is 1. The SMILES string of the molecule is Cc1ccc(-c2ccc(=O)n(CC(=O)Nc3cc4c(cc3Cl)OCCCO4)n2)s1. The van der Waals surface area contributed by atoms with Gasteiger partial charge in [0.25, 0.3) is 5.56 Å². The van der Waals surface area contributed by atoms with E-state index in [9.17, 15) is 9.59 Å². The van der Waals surface area contributed by atoms with Crippen LogP contribution in [0.15, 0.2) is 41.2 Å². The van der Waals surface area contributed by atoms with Crippen LogP contribution in [0.4, 0.5) is 5.69 Å². The Morgan fingerprint density at radius 3 is 2.69 bits per heavy atom. The van der Waals surface area contributed by atoms with Crippen LogP contribution < -0.4 is 20.3 Å². The van der Waals surface area contributed by atoms with Crippen LogP contribution in [0.1, 0.15) is 11.3 Å². The third kappa shape index (κ3) is 4.44. The van der Waals surface area contributed by atoms with Crippen molar-refractivity contribution >= 4 is 34.5 Å². The van der Waals surface area contributed by atoms with E-state index < -0.39 is 5.91 Å². The van der Waals surface area contributed by atoms with Gasteiger partial charge in [0, 0.05) is 29.5 Å². The maximum absolute atomic E-state index is 12.5. The van der Waals surface area contributed by atoms with E-state index in [-0.39, 0.29) is 12.1 Å². The summed E-state index contributed by atoms with van der Waals surface area (Å²) >= 11 is 7.84. The lowest BCUT2D eigenvalue weighted by molar-refractivity contribution is -0.117. The fourth-order valence-corrected chi connectivity index (χ4v) is 3.90. The predicted molar refractivity (Wildman–Crippen MR) is 112 cm³/mol. The maximum atomic E-state index is 12.5. The fourth-order valence-electron chi connectivity index (χ4n) is 2.87. The van der Waals surface area contributed by atoms with Crippen LogP contribution in [0.25, 0.3) is 10.6 Å². The molecule has 0 saturated heterocycles. The van der Waals surface area contributed by atoms with Crippen molar-refractivity contribution in [1.29, 1.82) is 0 Å². The number of aromatic nitrogens is 2. The number of halogens is 1. The number of fused-ring (bicyclic) bond motifs is 1. The van der Waals surface area contributed by atoms with E-state index in [1.54, 1.807) is 29.5 Å². The van der Waals surface area contributed by atoms with E-state index in [1.807, 2.05) is 19.1 Å². The van der Waals surface area contributed by atoms with Crippen LogP contribution in [-0.2, 0) is 11.3 Å². The standard InChI is InChI=1S/C20H18ClN3O4S/c1-12-3-5-18(29-12)14-4-6-20(26)24(23-14)11-19(25)22-15-10-17-16(9-13(15)21)27-7-2-8-28-17/h3-6,9-10H,2,7-8,11H2,1H3,(H,22,25). The topological polar surface area (TPSA) is 82.5 Å². The summed E-state index contributed by atoms with van der Waals surface area (Å²) in [5.74, 6) is 0.644. The Balaban J connectivity index is 1.53. The molecule has 0 aliphatic carbocycles. The van der Waals surface area contributed by atoms with Crippen LogP contribution in [0, 0.1) is 6.92 Å². The van der Waals surface area contributed by atoms with Crippen molar-refractivity contribution < 1.29 is 14.3 Å². The minimum Gasteiger partial charge on any atom is -0.490 e. The van der Waals surface area contributed by atoms with Crippen molar-refractivity contribution in [3.8, 4) is 22.1 Å². The zero-order valence-corrected chi connectivity index (χ0v) is 17.2. The molecular weight excluding hydrogens is 414 g/mol. The van der Waals surface area contributed by atoms with Crippen LogP contribution in [0.5, 0.6) is 11.5 Å². The van der Waals surface area contributed by atoms with Crippen molar-refractivity contribution in [2.75, 3.05) is 18.5 Å². The number of nitrogens with one attached hydrogen (secondary N) is 1. The molecule has 3 aromatic rings. The van der Waals surface area contributed by atoms with E-state index in [0.717, 1.165) is 20.9 Å². The molecule has 1 aliphatic rings. The molecule has 2 aromatic heterocycles. The van der Waals surface area contributed by atoms with Crippen molar-refractivity contribution in [2.45, 2.75) is 19.9 Å². The number of carbonyl (C=O) groups excluding carboxylic acids is 1. The molecule has 9 heteroatoms. The highest BCUT2D eigenvalue weighted by atomic mass is 35.5. The van der Waals surface area contributed by atoms with E-state index in [1.165, 1.54) is 6.07 Å². The minimum absolute atomic E-state index is 0.234. The Morgan fingerprint density at radius 1 is 1.21 bits per heavy atom. The Labute approximate surface area is 175 Å². The van der Waals surface area contributed by atoms with Gasteiger partial charge in [-0.3, -0.25) is 9.59 Å². The number of thiophene rings is 1. The summed E-state index contributed by atoms with van der Waals surface area (Å²) in [5, 5.41) is 7.36. The van der Waals surface area contributed by atoms with E-state index >= 15 is 0 Å². The number of aryl methyl sites for hydroxylation is 1. The minimum atomic E-state index is -0.421. The average molecular weight is 432 g/mol. The molecule has 0 atom stereocenters. The summed E-state index contributed by atoms with van der Waals surface area (Å²) in [6.45, 7) is 2.83. The largest absolute Gasteiger partial charge is 0.490 e. The van der Waals surface area contributed by atoms with Crippen molar-refractivity contribution in [3.63, 3.8) is 0 Å². The van der Waals surface area contributed by atoms with Crippen LogP contribution in [0.2, 0.25) is 5.02 Å². The Kier molecular flexibility index (Phi) is 5.55. The maximum Gasteiger partial charge on any atom is 0.267 e. The van der Waals surface area contributed by atoms with Crippen molar-refractivity contribution in [3.05, 3.63) is 56.7 Å². The number of nitrogens with zero attached hydrogens (tertiary/aromatic N) is 2. The quantitative estimate of drug-likeness (QED) is 0.680. The zero-order chi connectivity index (χ0) is 20.4. The second-order valence-electron chi connectivity index (χ2n) is 6.50. The molecule has 0 bridgehead atoms. The van der Waals surface area contributed by atoms with Crippen LogP contribution in [-0.4, -0.2) is 28.9 Å². The molecule has 29 heavy (non-hydrogen) atoms. The summed E-state index contributed by atoms with van der Waals surface area (Å²) in [6.07, 6.45) is 0.767.